The largest absolute Gasteiger partial charge is 0.472 e. The van der Waals surface area contributed by atoms with Crippen LogP contribution in [-0.4, -0.2) is 166 Å². The minimum absolute atomic E-state index is 0.0572. The van der Waals surface area contributed by atoms with Crippen LogP contribution in [0.3, 0.4) is 0 Å². The van der Waals surface area contributed by atoms with Gasteiger partial charge in [-0.3, -0.25) is 41.5 Å². The minimum Gasteiger partial charge on any atom is -0.394 e. The van der Waals surface area contributed by atoms with Crippen LogP contribution in [0.5, 0.6) is 0 Å². The van der Waals surface area contributed by atoms with Crippen LogP contribution in [-0.2, 0) is 55.2 Å². The zero-order valence-corrected chi connectivity index (χ0v) is 37.6. The third kappa shape index (κ3) is 19.7. The molecule has 3 saturated heterocycles. The molecule has 0 aliphatic carbocycles. The van der Waals surface area contributed by atoms with E-state index in [0.717, 1.165) is 12.8 Å². The summed E-state index contributed by atoms with van der Waals surface area (Å²) in [6.07, 6.45) is 3.33. The number of hydrogen-bond acceptors (Lipinski definition) is 17. The molecule has 61 heavy (non-hydrogen) atoms. The number of phosphoric acid groups is 3. The van der Waals surface area contributed by atoms with Crippen molar-refractivity contribution in [2.45, 2.75) is 133 Å². The third-order valence-corrected chi connectivity index (χ3v) is 13.7. The molecule has 0 bridgehead atoms. The van der Waals surface area contributed by atoms with E-state index in [0.29, 0.717) is 64.6 Å². The van der Waals surface area contributed by atoms with Gasteiger partial charge in [0.1, 0.15) is 0 Å². The normalized spacial score (nSPS) is 26.1. The topological polar surface area (TPSA) is 347 Å². The number of phosphoric ester groups is 3. The molecule has 3 aliphatic rings. The van der Waals surface area contributed by atoms with Crippen molar-refractivity contribution >= 4 is 41.2 Å². The molecule has 3 amide bonds. The number of hydrogen-bond donors (Lipinski definition) is 8. The van der Waals surface area contributed by atoms with Gasteiger partial charge in [-0.05, 0) is 77.4 Å². The molecule has 9 atom stereocenters. The summed E-state index contributed by atoms with van der Waals surface area (Å²) in [5, 5.41) is 19.2. The van der Waals surface area contributed by atoms with Crippen LogP contribution in [0.15, 0.2) is 0 Å². The number of nitrogens with two attached hydrogens (primary N) is 3. The average Bonchev–Trinajstić information content (AvgIpc) is 3.92. The Morgan fingerprint density at radius 2 is 0.885 bits per heavy atom. The highest BCUT2D eigenvalue weighted by atomic mass is 31.2. The molecule has 3 unspecified atom stereocenters. The Morgan fingerprint density at radius 1 is 0.525 bits per heavy atom. The van der Waals surface area contributed by atoms with Gasteiger partial charge in [-0.15, -0.1) is 0 Å². The molecule has 0 aromatic heterocycles. The van der Waals surface area contributed by atoms with Gasteiger partial charge in [-0.1, -0.05) is 19.3 Å². The molecule has 3 fully saturated rings. The van der Waals surface area contributed by atoms with E-state index in [1.165, 1.54) is 14.7 Å². The number of rotatable bonds is 31. The second-order valence-electron chi connectivity index (χ2n) is 15.6. The summed E-state index contributed by atoms with van der Waals surface area (Å²) in [6, 6.07) is -2.43. The zero-order chi connectivity index (χ0) is 45.1. The maximum atomic E-state index is 13.4. The van der Waals surface area contributed by atoms with Crippen LogP contribution < -0.4 is 17.2 Å². The monoisotopic (exact) mass is 938 g/mol. The first-order valence-corrected chi connectivity index (χ1v) is 25.6. The Bertz CT molecular complexity index is 1510. The van der Waals surface area contributed by atoms with Gasteiger partial charge in [-0.2, -0.15) is 0 Å². The number of likely N-dealkylation sites (tertiary alicyclic amines) is 3. The van der Waals surface area contributed by atoms with E-state index < -0.39 is 92.9 Å². The van der Waals surface area contributed by atoms with Crippen molar-refractivity contribution in [3.8, 4) is 0 Å². The summed E-state index contributed by atoms with van der Waals surface area (Å²) >= 11 is 0. The SMILES string of the molecule is NCCCCCC(=O)N1C[C@H](O)C[C@H]1COP(=O)(O)O[C@@H]1C[C@@H](COP(=O)(O)O[C@@H]2C[C@@H](COP(=O)(O)OCCO)N(C(=O)CCCCCN)C2)N(C(=O)CCCCCN)C1. The Labute approximate surface area is 357 Å². The fourth-order valence-electron chi connectivity index (χ4n) is 7.58. The maximum absolute atomic E-state index is 13.4. The lowest BCUT2D eigenvalue weighted by Gasteiger charge is -2.26. The number of carbonyl (C=O) groups is 3. The van der Waals surface area contributed by atoms with Crippen molar-refractivity contribution in [1.82, 2.24) is 14.7 Å². The molecule has 356 valence electrons. The predicted octanol–water partition coefficient (Wildman–Crippen LogP) is 0.838. The molecule has 0 saturated carbocycles. The minimum atomic E-state index is -4.90. The van der Waals surface area contributed by atoms with Gasteiger partial charge in [0.05, 0.1) is 69.5 Å². The molecule has 11 N–H and O–H groups in total. The molecule has 0 radical (unpaired) electrons. The van der Waals surface area contributed by atoms with Crippen LogP contribution in [0.4, 0.5) is 0 Å². The number of unbranched alkanes of at least 4 members (excludes halogenated alkanes) is 6. The van der Waals surface area contributed by atoms with Crippen LogP contribution in [0, 0.1) is 0 Å². The molecule has 0 aromatic rings. The van der Waals surface area contributed by atoms with E-state index in [-0.39, 0.29) is 75.9 Å². The number of carbonyl (C=O) groups excluding carboxylic acids is 3. The quantitative estimate of drug-likeness (QED) is 0.0353. The smallest absolute Gasteiger partial charge is 0.394 e. The van der Waals surface area contributed by atoms with E-state index in [2.05, 4.69) is 4.52 Å². The van der Waals surface area contributed by atoms with Gasteiger partial charge in [0.25, 0.3) is 0 Å². The second-order valence-corrected chi connectivity index (χ2v) is 19.8. The van der Waals surface area contributed by atoms with Gasteiger partial charge in [-0.25, -0.2) is 13.7 Å². The van der Waals surface area contributed by atoms with Crippen LogP contribution in [0.2, 0.25) is 0 Å². The van der Waals surface area contributed by atoms with Crippen LogP contribution >= 0.6 is 23.5 Å². The number of nitrogens with zero attached hydrogens (tertiary/aromatic N) is 3. The van der Waals surface area contributed by atoms with Crippen molar-refractivity contribution in [3.63, 3.8) is 0 Å². The lowest BCUT2D eigenvalue weighted by molar-refractivity contribution is -0.133. The van der Waals surface area contributed by atoms with E-state index >= 15 is 0 Å². The zero-order valence-electron chi connectivity index (χ0n) is 34.9. The van der Waals surface area contributed by atoms with E-state index in [4.69, 9.17) is 44.9 Å². The van der Waals surface area contributed by atoms with Crippen molar-refractivity contribution in [2.75, 3.05) is 72.3 Å². The molecule has 3 heterocycles. The molecule has 3 rings (SSSR count). The number of β-amino-alcohol motifs (C(OH)–C–C–N with tert-alkyl or cyclic N) is 1. The van der Waals surface area contributed by atoms with Crippen molar-refractivity contribution in [2.24, 2.45) is 17.2 Å². The summed E-state index contributed by atoms with van der Waals surface area (Å²) in [4.78, 5) is 75.0. The lowest BCUT2D eigenvalue weighted by atomic mass is 10.1. The number of aliphatic hydroxyl groups is 2. The van der Waals surface area contributed by atoms with Crippen LogP contribution in [0.25, 0.3) is 0 Å². The molecular weight excluding hydrogens is 869 g/mol. The predicted molar refractivity (Wildman–Crippen MR) is 219 cm³/mol. The molecule has 3 aliphatic heterocycles. The Morgan fingerprint density at radius 3 is 1.26 bits per heavy atom. The van der Waals surface area contributed by atoms with Crippen molar-refractivity contribution in [1.29, 1.82) is 0 Å². The van der Waals surface area contributed by atoms with Gasteiger partial charge in [0.15, 0.2) is 0 Å². The van der Waals surface area contributed by atoms with Gasteiger partial charge in [0, 0.05) is 38.9 Å². The highest BCUT2D eigenvalue weighted by molar-refractivity contribution is 7.47. The van der Waals surface area contributed by atoms with Gasteiger partial charge >= 0.3 is 23.5 Å². The molecule has 26 heteroatoms. The molecule has 0 spiro atoms. The summed E-state index contributed by atoms with van der Waals surface area (Å²) in [5.41, 5.74) is 16.7. The summed E-state index contributed by atoms with van der Waals surface area (Å²) in [6.45, 7) is -1.31. The van der Waals surface area contributed by atoms with Gasteiger partial charge < -0.3 is 56.8 Å². The Kier molecular flexibility index (Phi) is 24.0. The van der Waals surface area contributed by atoms with E-state index in [1.807, 2.05) is 0 Å². The third-order valence-electron chi connectivity index (χ3n) is 10.6. The first-order chi connectivity index (χ1) is 28.9. The van der Waals surface area contributed by atoms with Crippen molar-refractivity contribution < 1.29 is 80.1 Å². The second kappa shape index (κ2) is 27.1. The fourth-order valence-corrected chi connectivity index (χ4v) is 10.2. The summed E-state index contributed by atoms with van der Waals surface area (Å²) < 4.78 is 70.2. The maximum Gasteiger partial charge on any atom is 0.472 e. The van der Waals surface area contributed by atoms with Crippen LogP contribution in [0.1, 0.15) is 96.3 Å². The molecule has 23 nitrogen and oxygen atoms in total. The van der Waals surface area contributed by atoms with Crippen molar-refractivity contribution in [3.05, 3.63) is 0 Å². The first-order valence-electron chi connectivity index (χ1n) is 21.1. The lowest BCUT2D eigenvalue weighted by Crippen LogP contribution is -2.38. The summed E-state index contributed by atoms with van der Waals surface area (Å²) in [5.74, 6) is -0.929. The molecular formula is C35H69N6O17P3. The van der Waals surface area contributed by atoms with E-state index in [1.54, 1.807) is 0 Å². The van der Waals surface area contributed by atoms with E-state index in [9.17, 15) is 47.9 Å². The fraction of sp³-hybridized carbons (Fsp3) is 0.914. The summed E-state index contributed by atoms with van der Waals surface area (Å²) in [7, 11) is -14.3. The first kappa shape index (κ1) is 53.9. The Balaban J connectivity index is 1.64. The highest BCUT2D eigenvalue weighted by Crippen LogP contribution is 2.50. The highest BCUT2D eigenvalue weighted by Gasteiger charge is 2.44. The Hall–Kier alpha value is -1.46. The van der Waals surface area contributed by atoms with Gasteiger partial charge in [0.2, 0.25) is 17.7 Å². The standard InChI is InChI=1S/C35H69N6O17P3/c36-13-7-1-4-10-33(44)39-21-30(43)18-27(39)24-55-60(49,50)57-32-20-29(41(23-32)35(46)12-6-3-9-15-38)26-56-61(51,52)58-31-19-28(25-54-59(47,48)53-17-16-42)40(22-31)34(45)11-5-2-8-14-37/h27-32,42-43H,1-26,36-38H2,(H,47,48)(H,49,50)(H,51,52)/t27-,28-,29-,30+,31+,32+/m0/s1. The number of amides is 3. The molecule has 0 aromatic carbocycles. The average molecular weight is 939 g/mol. The number of aliphatic hydroxyl groups excluding tert-OH is 2.